The molecular weight excluding hydrogens is 293 g/mol. The first kappa shape index (κ1) is 14.2. The van der Waals surface area contributed by atoms with Crippen molar-refractivity contribution in [1.29, 1.82) is 5.26 Å². The summed E-state index contributed by atoms with van der Waals surface area (Å²) in [4.78, 5) is 0. The van der Waals surface area contributed by atoms with Gasteiger partial charge < -0.3 is 5.32 Å². The van der Waals surface area contributed by atoms with Crippen LogP contribution in [-0.2, 0) is 6.18 Å². The fourth-order valence-corrected chi connectivity index (χ4v) is 2.42. The number of rotatable bonds is 1. The number of hydrogen-bond donors (Lipinski definition) is 1. The van der Waals surface area contributed by atoms with Crippen molar-refractivity contribution in [1.82, 2.24) is 9.78 Å². The van der Waals surface area contributed by atoms with Gasteiger partial charge in [0.1, 0.15) is 17.5 Å². The molecule has 0 unspecified atom stereocenters. The molecule has 0 saturated carbocycles. The number of halogens is 3. The smallest absolute Gasteiger partial charge is 0.365 e. The topological polar surface area (TPSA) is 53.6 Å². The van der Waals surface area contributed by atoms with Gasteiger partial charge in [0.05, 0.1) is 17.0 Å². The van der Waals surface area contributed by atoms with Crippen molar-refractivity contribution in [3.63, 3.8) is 0 Å². The fraction of sp³-hybridized carbons (Fsp3) is 0.200. The molecule has 3 rings (SSSR count). The van der Waals surface area contributed by atoms with E-state index in [-0.39, 0.29) is 0 Å². The zero-order valence-corrected chi connectivity index (χ0v) is 11.6. The molecule has 0 atom stereocenters. The van der Waals surface area contributed by atoms with Crippen molar-refractivity contribution in [2.75, 3.05) is 11.9 Å². The highest BCUT2D eigenvalue weighted by molar-refractivity contribution is 5.74. The minimum atomic E-state index is -4.40. The number of fused-ring (bicyclic) bond motifs is 1. The van der Waals surface area contributed by atoms with Crippen LogP contribution < -0.4 is 5.32 Å². The Labute approximate surface area is 124 Å². The van der Waals surface area contributed by atoms with Crippen molar-refractivity contribution in [2.45, 2.75) is 13.1 Å². The molecule has 2 heterocycles. The molecule has 0 bridgehead atoms. The Kier molecular flexibility index (Phi) is 3.17. The second kappa shape index (κ2) is 4.91. The van der Waals surface area contributed by atoms with Gasteiger partial charge in [0.25, 0.3) is 0 Å². The molecule has 0 radical (unpaired) electrons. The monoisotopic (exact) mass is 304 g/mol. The minimum absolute atomic E-state index is 0.401. The molecule has 1 aromatic carbocycles. The molecular formula is C15H11F3N4. The molecule has 0 saturated heterocycles. The van der Waals surface area contributed by atoms with Crippen LogP contribution in [0.15, 0.2) is 30.3 Å². The first-order valence-electron chi connectivity index (χ1n) is 6.53. The second-order valence-electron chi connectivity index (χ2n) is 4.88. The SMILES string of the molecule is Cc1nn2c(c1C#N)NCC=C2c1cccc(C(F)(F)F)c1. The van der Waals surface area contributed by atoms with E-state index in [0.29, 0.717) is 34.9 Å². The van der Waals surface area contributed by atoms with Crippen molar-refractivity contribution in [3.05, 3.63) is 52.7 Å². The van der Waals surface area contributed by atoms with Gasteiger partial charge in [-0.05, 0) is 25.1 Å². The fourth-order valence-electron chi connectivity index (χ4n) is 2.42. The van der Waals surface area contributed by atoms with E-state index < -0.39 is 11.7 Å². The highest BCUT2D eigenvalue weighted by atomic mass is 19.4. The summed E-state index contributed by atoms with van der Waals surface area (Å²) in [5.74, 6) is 0.509. The minimum Gasteiger partial charge on any atom is -0.365 e. The number of aryl methyl sites for hydroxylation is 1. The molecule has 1 aliphatic heterocycles. The summed E-state index contributed by atoms with van der Waals surface area (Å²) in [6.07, 6.45) is -2.65. The van der Waals surface area contributed by atoms with Gasteiger partial charge in [0, 0.05) is 12.1 Å². The van der Waals surface area contributed by atoms with Crippen LogP contribution in [0.5, 0.6) is 0 Å². The molecule has 0 amide bonds. The molecule has 2 aromatic rings. The lowest BCUT2D eigenvalue weighted by molar-refractivity contribution is -0.137. The average Bonchev–Trinajstić information content (AvgIpc) is 2.81. The number of nitrogens with zero attached hydrogens (tertiary/aromatic N) is 3. The number of nitriles is 1. The predicted molar refractivity (Wildman–Crippen MR) is 75.0 cm³/mol. The maximum atomic E-state index is 12.9. The van der Waals surface area contributed by atoms with Crippen LogP contribution in [0.4, 0.5) is 19.0 Å². The van der Waals surface area contributed by atoms with E-state index in [1.807, 2.05) is 0 Å². The van der Waals surface area contributed by atoms with Crippen molar-refractivity contribution < 1.29 is 13.2 Å². The molecule has 1 aliphatic rings. The molecule has 7 heteroatoms. The highest BCUT2D eigenvalue weighted by Crippen LogP contribution is 2.33. The van der Waals surface area contributed by atoms with Gasteiger partial charge >= 0.3 is 6.18 Å². The molecule has 22 heavy (non-hydrogen) atoms. The third-order valence-corrected chi connectivity index (χ3v) is 3.45. The van der Waals surface area contributed by atoms with Crippen LogP contribution in [0.2, 0.25) is 0 Å². The summed E-state index contributed by atoms with van der Waals surface area (Å²) in [6, 6.07) is 7.13. The normalized spacial score (nSPS) is 13.9. The lowest BCUT2D eigenvalue weighted by Gasteiger charge is -2.19. The Morgan fingerprint density at radius 1 is 1.36 bits per heavy atom. The van der Waals surface area contributed by atoms with Crippen LogP contribution in [-0.4, -0.2) is 16.3 Å². The molecule has 4 nitrogen and oxygen atoms in total. The first-order chi connectivity index (χ1) is 10.4. The Morgan fingerprint density at radius 2 is 2.14 bits per heavy atom. The van der Waals surface area contributed by atoms with Gasteiger partial charge in [-0.1, -0.05) is 12.1 Å². The van der Waals surface area contributed by atoms with Gasteiger partial charge in [0.15, 0.2) is 0 Å². The first-order valence-corrected chi connectivity index (χ1v) is 6.53. The number of aromatic nitrogens is 2. The van der Waals surface area contributed by atoms with E-state index in [9.17, 15) is 13.2 Å². The molecule has 112 valence electrons. The molecule has 1 N–H and O–H groups in total. The molecule has 0 spiro atoms. The van der Waals surface area contributed by atoms with Crippen LogP contribution in [0.1, 0.15) is 22.4 Å². The van der Waals surface area contributed by atoms with Gasteiger partial charge in [0.2, 0.25) is 0 Å². The summed E-state index contributed by atoms with van der Waals surface area (Å²) in [7, 11) is 0. The summed E-state index contributed by atoms with van der Waals surface area (Å²) < 4.78 is 40.0. The van der Waals surface area contributed by atoms with Gasteiger partial charge in [-0.3, -0.25) is 0 Å². The zero-order valence-electron chi connectivity index (χ0n) is 11.6. The van der Waals surface area contributed by atoms with Gasteiger partial charge in [-0.15, -0.1) is 0 Å². The number of nitrogens with one attached hydrogen (secondary N) is 1. The summed E-state index contributed by atoms with van der Waals surface area (Å²) in [5.41, 5.74) is 1.16. The molecule has 1 aromatic heterocycles. The Morgan fingerprint density at radius 3 is 2.82 bits per heavy atom. The van der Waals surface area contributed by atoms with E-state index >= 15 is 0 Å². The zero-order chi connectivity index (χ0) is 15.9. The van der Waals surface area contributed by atoms with Crippen LogP contribution in [0.25, 0.3) is 5.70 Å². The van der Waals surface area contributed by atoms with E-state index in [0.717, 1.165) is 12.1 Å². The third kappa shape index (κ3) is 2.22. The van der Waals surface area contributed by atoms with E-state index in [4.69, 9.17) is 5.26 Å². The van der Waals surface area contributed by atoms with Crippen molar-refractivity contribution in [2.24, 2.45) is 0 Å². The summed E-state index contributed by atoms with van der Waals surface area (Å²) in [5, 5.41) is 16.4. The van der Waals surface area contributed by atoms with Crippen LogP contribution >= 0.6 is 0 Å². The maximum absolute atomic E-state index is 12.9. The summed E-state index contributed by atoms with van der Waals surface area (Å²) in [6.45, 7) is 2.11. The summed E-state index contributed by atoms with van der Waals surface area (Å²) >= 11 is 0. The van der Waals surface area contributed by atoms with Crippen LogP contribution in [0.3, 0.4) is 0 Å². The molecule has 0 aliphatic carbocycles. The Bertz CT molecular complexity index is 809. The van der Waals surface area contributed by atoms with E-state index in [1.54, 1.807) is 19.1 Å². The van der Waals surface area contributed by atoms with Gasteiger partial charge in [-0.25, -0.2) is 4.68 Å². The van der Waals surface area contributed by atoms with E-state index in [2.05, 4.69) is 16.5 Å². The average molecular weight is 304 g/mol. The molecule has 0 fully saturated rings. The predicted octanol–water partition coefficient (Wildman–Crippen LogP) is 3.40. The Balaban J connectivity index is 2.12. The number of benzene rings is 1. The Hall–Kier alpha value is -2.75. The quantitative estimate of drug-likeness (QED) is 0.878. The lowest BCUT2D eigenvalue weighted by Crippen LogP contribution is -2.16. The van der Waals surface area contributed by atoms with Crippen molar-refractivity contribution in [3.8, 4) is 6.07 Å². The van der Waals surface area contributed by atoms with Gasteiger partial charge in [-0.2, -0.15) is 23.5 Å². The lowest BCUT2D eigenvalue weighted by atomic mass is 10.1. The van der Waals surface area contributed by atoms with Crippen molar-refractivity contribution >= 4 is 11.5 Å². The maximum Gasteiger partial charge on any atom is 0.416 e. The highest BCUT2D eigenvalue weighted by Gasteiger charge is 2.31. The van der Waals surface area contributed by atoms with E-state index in [1.165, 1.54) is 10.7 Å². The number of anilines is 1. The number of hydrogen-bond acceptors (Lipinski definition) is 3. The number of alkyl halides is 3. The van der Waals surface area contributed by atoms with Crippen LogP contribution in [0, 0.1) is 18.3 Å². The largest absolute Gasteiger partial charge is 0.416 e. The third-order valence-electron chi connectivity index (χ3n) is 3.45. The standard InChI is InChI=1S/C15H11F3N4/c1-9-12(8-19)14-20-6-5-13(22(14)21-9)10-3-2-4-11(7-10)15(16,17)18/h2-5,7,20H,6H2,1H3. The second-order valence-corrected chi connectivity index (χ2v) is 4.88.